The molecule has 6 heteroatoms. The topological polar surface area (TPSA) is 56.0 Å². The van der Waals surface area contributed by atoms with Crippen LogP contribution in [0.3, 0.4) is 0 Å². The number of hydrogen-bond acceptors (Lipinski definition) is 3. The van der Waals surface area contributed by atoms with Gasteiger partial charge in [0.2, 0.25) is 5.91 Å². The summed E-state index contributed by atoms with van der Waals surface area (Å²) in [7, 11) is 0. The summed E-state index contributed by atoms with van der Waals surface area (Å²) >= 11 is 0. The van der Waals surface area contributed by atoms with E-state index < -0.39 is 0 Å². The van der Waals surface area contributed by atoms with Crippen molar-refractivity contribution in [2.24, 2.45) is 11.8 Å². The maximum atomic E-state index is 14.9. The fraction of sp³-hybridized carbons (Fsp3) is 0.205. The van der Waals surface area contributed by atoms with Crippen LogP contribution in [0.15, 0.2) is 140 Å². The predicted molar refractivity (Wildman–Crippen MR) is 175 cm³/mol. The summed E-state index contributed by atoms with van der Waals surface area (Å²) in [6.07, 6.45) is 6.80. The van der Waals surface area contributed by atoms with Gasteiger partial charge in [0.1, 0.15) is 0 Å². The molecule has 0 unspecified atom stereocenters. The van der Waals surface area contributed by atoms with E-state index in [1.54, 1.807) is 0 Å². The number of hydrogen-bond donors (Lipinski definition) is 0. The Morgan fingerprint density at radius 1 is 0.689 bits per heavy atom. The van der Waals surface area contributed by atoms with Crippen LogP contribution in [0.5, 0.6) is 0 Å². The van der Waals surface area contributed by atoms with E-state index in [4.69, 9.17) is 9.97 Å². The van der Waals surface area contributed by atoms with E-state index in [2.05, 4.69) is 117 Å². The van der Waals surface area contributed by atoms with Gasteiger partial charge in [0.05, 0.1) is 47.6 Å². The lowest BCUT2D eigenvalue weighted by molar-refractivity contribution is -0.133. The summed E-state index contributed by atoms with van der Waals surface area (Å²) in [4.78, 5) is 27.0. The number of carbonyl (C=O) groups is 1. The minimum Gasteiger partial charge on any atom is -0.333 e. The molecule has 3 heterocycles. The Hall–Kier alpha value is -5.23. The van der Waals surface area contributed by atoms with Gasteiger partial charge in [0.25, 0.3) is 0 Å². The molecule has 1 fully saturated rings. The van der Waals surface area contributed by atoms with Gasteiger partial charge < -0.3 is 14.0 Å². The zero-order chi connectivity index (χ0) is 30.2. The highest BCUT2D eigenvalue weighted by molar-refractivity contribution is 5.84. The molecule has 1 aliphatic heterocycles. The first-order chi connectivity index (χ1) is 22.2. The molecule has 0 N–H and O–H groups in total. The molecule has 0 radical (unpaired) electrons. The third kappa shape index (κ3) is 5.16. The van der Waals surface area contributed by atoms with Gasteiger partial charge in [-0.3, -0.25) is 4.79 Å². The van der Waals surface area contributed by atoms with Crippen LogP contribution < -0.4 is 0 Å². The van der Waals surface area contributed by atoms with Gasteiger partial charge in [0.15, 0.2) is 0 Å². The average molecular weight is 590 g/mol. The first kappa shape index (κ1) is 27.3. The van der Waals surface area contributed by atoms with E-state index in [1.165, 1.54) is 11.1 Å². The number of nitrogens with zero attached hydrogens (tertiary/aromatic N) is 5. The molecule has 0 bridgehead atoms. The zero-order valence-corrected chi connectivity index (χ0v) is 25.1. The fourth-order valence-electron chi connectivity index (χ4n) is 7.53. The Bertz CT molecular complexity index is 1860. The molecule has 3 atom stereocenters. The maximum Gasteiger partial charge on any atom is 0.227 e. The SMILES string of the molecule is O=C1[C@@H]2[C@H](Cc3ncn(Cc4ccccc4)c3[C@H]2c2cn(Cc3ccccc3)cn2)CN1C(c1ccccc1)c1ccccc1. The summed E-state index contributed by atoms with van der Waals surface area (Å²) in [5, 5.41) is 0. The lowest BCUT2D eigenvalue weighted by Crippen LogP contribution is -2.36. The van der Waals surface area contributed by atoms with Crippen molar-refractivity contribution in [2.75, 3.05) is 6.54 Å². The van der Waals surface area contributed by atoms with Crippen LogP contribution in [0.1, 0.15) is 51.3 Å². The fourth-order valence-corrected chi connectivity index (χ4v) is 7.53. The minimum atomic E-state index is -0.223. The molecular formula is C39H35N5O. The molecule has 1 amide bonds. The highest BCUT2D eigenvalue weighted by Gasteiger charge is 2.53. The molecule has 8 rings (SSSR count). The molecule has 6 nitrogen and oxygen atoms in total. The molecule has 1 aliphatic carbocycles. The molecular weight excluding hydrogens is 554 g/mol. The number of amides is 1. The Kier molecular flexibility index (Phi) is 7.10. The second-order valence-electron chi connectivity index (χ2n) is 12.3. The largest absolute Gasteiger partial charge is 0.333 e. The molecule has 2 aliphatic rings. The number of likely N-dealkylation sites (tertiary alicyclic amines) is 1. The van der Waals surface area contributed by atoms with Gasteiger partial charge >= 0.3 is 0 Å². The van der Waals surface area contributed by atoms with Gasteiger partial charge in [-0.2, -0.15) is 0 Å². The Morgan fingerprint density at radius 2 is 1.27 bits per heavy atom. The van der Waals surface area contributed by atoms with Gasteiger partial charge in [-0.1, -0.05) is 121 Å². The molecule has 6 aromatic rings. The molecule has 2 aromatic heterocycles. The van der Waals surface area contributed by atoms with Crippen molar-refractivity contribution < 1.29 is 4.79 Å². The van der Waals surface area contributed by atoms with Crippen LogP contribution in [0.4, 0.5) is 0 Å². The van der Waals surface area contributed by atoms with Crippen LogP contribution in [-0.4, -0.2) is 36.5 Å². The first-order valence-corrected chi connectivity index (χ1v) is 15.8. The summed E-state index contributed by atoms with van der Waals surface area (Å²) in [5.41, 5.74) is 7.82. The Labute approximate surface area is 263 Å². The quantitative estimate of drug-likeness (QED) is 0.198. The molecule has 1 saturated heterocycles. The van der Waals surface area contributed by atoms with Crippen LogP contribution in [0.25, 0.3) is 0 Å². The number of rotatable bonds is 8. The maximum absolute atomic E-state index is 14.9. The van der Waals surface area contributed by atoms with Crippen molar-refractivity contribution in [1.82, 2.24) is 24.0 Å². The van der Waals surface area contributed by atoms with E-state index >= 15 is 0 Å². The van der Waals surface area contributed by atoms with E-state index in [-0.39, 0.29) is 29.7 Å². The Morgan fingerprint density at radius 3 is 1.89 bits per heavy atom. The van der Waals surface area contributed by atoms with E-state index in [9.17, 15) is 4.79 Å². The number of aromatic nitrogens is 4. The summed E-state index contributed by atoms with van der Waals surface area (Å²) in [5.74, 6) is -0.0758. The van der Waals surface area contributed by atoms with Crippen molar-refractivity contribution in [1.29, 1.82) is 0 Å². The van der Waals surface area contributed by atoms with Gasteiger partial charge in [-0.25, -0.2) is 9.97 Å². The van der Waals surface area contributed by atoms with Crippen molar-refractivity contribution in [2.45, 2.75) is 31.5 Å². The third-order valence-corrected chi connectivity index (χ3v) is 9.49. The standard InChI is InChI=1S/C39H35N5O/c45-39-35-32(24-44(39)37(30-17-9-3-10-18-30)31-19-11-4-12-20-31)21-33-38(43(27-41-33)23-29-15-7-2-8-16-29)36(35)34-25-42(26-40-34)22-28-13-5-1-6-14-28/h1-20,25-27,32,35-37H,21-24H2/t32-,35-,36+/m1/s1. The van der Waals surface area contributed by atoms with Crippen LogP contribution in [0.2, 0.25) is 0 Å². The molecule has 0 saturated carbocycles. The average Bonchev–Trinajstić information content (AvgIpc) is 3.80. The van der Waals surface area contributed by atoms with Crippen molar-refractivity contribution in [3.8, 4) is 0 Å². The predicted octanol–water partition coefficient (Wildman–Crippen LogP) is 6.73. The van der Waals surface area contributed by atoms with Crippen molar-refractivity contribution in [3.05, 3.63) is 180 Å². The highest BCUT2D eigenvalue weighted by atomic mass is 16.2. The molecule has 0 spiro atoms. The highest BCUT2D eigenvalue weighted by Crippen LogP contribution is 2.49. The first-order valence-electron chi connectivity index (χ1n) is 15.8. The number of fused-ring (bicyclic) bond motifs is 2. The number of imidazole rings is 2. The van der Waals surface area contributed by atoms with E-state index in [0.29, 0.717) is 13.1 Å². The molecule has 4 aromatic carbocycles. The van der Waals surface area contributed by atoms with Crippen LogP contribution >= 0.6 is 0 Å². The summed E-state index contributed by atoms with van der Waals surface area (Å²) in [6, 6.07) is 41.6. The van der Waals surface area contributed by atoms with Gasteiger partial charge in [-0.15, -0.1) is 0 Å². The Balaban J connectivity index is 1.21. The smallest absolute Gasteiger partial charge is 0.227 e. The zero-order valence-electron chi connectivity index (χ0n) is 25.1. The number of carbonyl (C=O) groups excluding carboxylic acids is 1. The third-order valence-electron chi connectivity index (χ3n) is 9.49. The van der Waals surface area contributed by atoms with Crippen LogP contribution in [-0.2, 0) is 24.3 Å². The summed E-state index contributed by atoms with van der Waals surface area (Å²) < 4.78 is 4.39. The molecule has 45 heavy (non-hydrogen) atoms. The van der Waals surface area contributed by atoms with E-state index in [1.807, 2.05) is 36.9 Å². The van der Waals surface area contributed by atoms with Gasteiger partial charge in [-0.05, 0) is 34.6 Å². The normalized spacial score (nSPS) is 19.1. The monoisotopic (exact) mass is 589 g/mol. The second-order valence-corrected chi connectivity index (χ2v) is 12.3. The van der Waals surface area contributed by atoms with Crippen molar-refractivity contribution in [3.63, 3.8) is 0 Å². The minimum absolute atomic E-state index is 0.143. The van der Waals surface area contributed by atoms with E-state index in [0.717, 1.165) is 41.2 Å². The van der Waals surface area contributed by atoms with Crippen LogP contribution in [0, 0.1) is 11.8 Å². The summed E-state index contributed by atoms with van der Waals surface area (Å²) in [6.45, 7) is 2.12. The van der Waals surface area contributed by atoms with Gasteiger partial charge in [0, 0.05) is 25.8 Å². The lowest BCUT2D eigenvalue weighted by atomic mass is 9.72. The number of benzene rings is 4. The molecule has 222 valence electrons. The van der Waals surface area contributed by atoms with Crippen molar-refractivity contribution >= 4 is 5.91 Å². The second kappa shape index (κ2) is 11.7. The lowest BCUT2D eigenvalue weighted by Gasteiger charge is -2.32.